The molecule has 0 aromatic heterocycles. The van der Waals surface area contributed by atoms with Crippen LogP contribution < -0.4 is 20.7 Å². The molecule has 0 saturated heterocycles. The molecular formula is C33H45BrN4O3. The van der Waals surface area contributed by atoms with Gasteiger partial charge in [0, 0.05) is 48.3 Å². The van der Waals surface area contributed by atoms with Gasteiger partial charge in [-0.3, -0.25) is 14.5 Å². The molecule has 3 N–H and O–H groups in total. The standard InChI is InChI=1S/C32H41BrN4O3.CH4/c1-4-36(27-9-6-5-7-10-27)21-26-17-25(20-30(33)31(26)34)32(39)35-15-8-16-37(22(2)38)28-13-11-24-19-29(40-3)14-12-23(24)18-28;/h11-14,17-20,27H,4-10,15-16,21,34H2,1-3H3,(H,35,39);1H4. The highest BCUT2D eigenvalue weighted by atomic mass is 79.9. The molecule has 1 aliphatic carbocycles. The fourth-order valence-electron chi connectivity index (χ4n) is 5.62. The van der Waals surface area contributed by atoms with Crippen LogP contribution in [0.1, 0.15) is 75.7 Å². The van der Waals surface area contributed by atoms with Crippen LogP contribution in [0.5, 0.6) is 5.75 Å². The zero-order valence-corrected chi connectivity index (χ0v) is 25.4. The van der Waals surface area contributed by atoms with E-state index in [2.05, 4.69) is 33.1 Å². The number of methoxy groups -OCH3 is 1. The molecule has 41 heavy (non-hydrogen) atoms. The van der Waals surface area contributed by atoms with E-state index >= 15 is 0 Å². The van der Waals surface area contributed by atoms with Crippen molar-refractivity contribution in [2.75, 3.05) is 37.4 Å². The molecule has 1 aliphatic rings. The minimum atomic E-state index is -0.142. The number of nitrogens with zero attached hydrogens (tertiary/aromatic N) is 2. The van der Waals surface area contributed by atoms with Gasteiger partial charge in [0.15, 0.2) is 0 Å². The number of anilines is 2. The summed E-state index contributed by atoms with van der Waals surface area (Å²) in [6.07, 6.45) is 6.94. The number of rotatable bonds is 11. The first-order chi connectivity index (χ1) is 19.3. The third kappa shape index (κ3) is 8.23. The molecule has 8 heteroatoms. The number of ether oxygens (including phenoxy) is 1. The molecule has 7 nitrogen and oxygen atoms in total. The van der Waals surface area contributed by atoms with E-state index in [9.17, 15) is 9.59 Å². The van der Waals surface area contributed by atoms with Crippen LogP contribution in [0, 0.1) is 0 Å². The molecule has 0 heterocycles. The number of hydrogen-bond donors (Lipinski definition) is 2. The van der Waals surface area contributed by atoms with Crippen molar-refractivity contribution in [3.63, 3.8) is 0 Å². The molecule has 1 fully saturated rings. The largest absolute Gasteiger partial charge is 0.497 e. The van der Waals surface area contributed by atoms with E-state index < -0.39 is 0 Å². The molecular weight excluding hydrogens is 580 g/mol. The van der Waals surface area contributed by atoms with Crippen LogP contribution in [0.15, 0.2) is 53.0 Å². The van der Waals surface area contributed by atoms with Crippen LogP contribution in [0.25, 0.3) is 10.8 Å². The highest BCUT2D eigenvalue weighted by molar-refractivity contribution is 9.10. The molecule has 4 rings (SSSR count). The summed E-state index contributed by atoms with van der Waals surface area (Å²) in [5.41, 5.74) is 9.51. The van der Waals surface area contributed by atoms with E-state index in [0.29, 0.717) is 36.8 Å². The Hall–Kier alpha value is -3.10. The second kappa shape index (κ2) is 15.2. The third-order valence-corrected chi connectivity index (χ3v) is 8.57. The van der Waals surface area contributed by atoms with E-state index in [1.807, 2.05) is 42.5 Å². The summed E-state index contributed by atoms with van der Waals surface area (Å²) in [6, 6.07) is 16.1. The Bertz CT molecular complexity index is 1340. The van der Waals surface area contributed by atoms with Crippen molar-refractivity contribution in [3.8, 4) is 5.75 Å². The number of fused-ring (bicyclic) bond motifs is 1. The number of hydrogen-bond acceptors (Lipinski definition) is 5. The minimum Gasteiger partial charge on any atom is -0.497 e. The van der Waals surface area contributed by atoms with Gasteiger partial charge >= 0.3 is 0 Å². The van der Waals surface area contributed by atoms with Gasteiger partial charge in [0.05, 0.1) is 12.8 Å². The quantitative estimate of drug-likeness (QED) is 0.175. The van der Waals surface area contributed by atoms with Crippen molar-refractivity contribution in [2.24, 2.45) is 0 Å². The van der Waals surface area contributed by atoms with Crippen LogP contribution in [0.4, 0.5) is 11.4 Å². The van der Waals surface area contributed by atoms with Gasteiger partial charge in [-0.25, -0.2) is 0 Å². The topological polar surface area (TPSA) is 87.9 Å². The van der Waals surface area contributed by atoms with Crippen LogP contribution in [-0.4, -0.2) is 49.5 Å². The number of nitrogen functional groups attached to an aromatic ring is 1. The van der Waals surface area contributed by atoms with Crippen LogP contribution in [0.2, 0.25) is 0 Å². The average Bonchev–Trinajstić information content (AvgIpc) is 2.97. The Labute approximate surface area is 253 Å². The first kappa shape index (κ1) is 32.4. The maximum atomic E-state index is 13.1. The highest BCUT2D eigenvalue weighted by Gasteiger charge is 2.22. The van der Waals surface area contributed by atoms with Crippen molar-refractivity contribution in [1.29, 1.82) is 0 Å². The SMILES string of the molecule is C.CCN(Cc1cc(C(=O)NCCCN(C(C)=O)c2ccc3cc(OC)ccc3c2)cc(Br)c1N)C1CCCCC1. The third-order valence-electron chi connectivity index (χ3n) is 7.91. The average molecular weight is 626 g/mol. The molecule has 222 valence electrons. The van der Waals surface area contributed by atoms with Crippen molar-refractivity contribution in [2.45, 2.75) is 72.4 Å². The maximum Gasteiger partial charge on any atom is 0.251 e. The Balaban J connectivity index is 0.00000462. The van der Waals surface area contributed by atoms with Gasteiger partial charge in [-0.15, -0.1) is 0 Å². The monoisotopic (exact) mass is 624 g/mol. The molecule has 0 spiro atoms. The van der Waals surface area contributed by atoms with Crippen LogP contribution in [0.3, 0.4) is 0 Å². The Kier molecular flexibility index (Phi) is 12.0. The van der Waals surface area contributed by atoms with E-state index in [0.717, 1.165) is 45.3 Å². The normalized spacial score (nSPS) is 13.6. The lowest BCUT2D eigenvalue weighted by atomic mass is 9.93. The molecule has 1 saturated carbocycles. The number of halogens is 1. The van der Waals surface area contributed by atoms with E-state index in [4.69, 9.17) is 10.5 Å². The lowest BCUT2D eigenvalue weighted by molar-refractivity contribution is -0.116. The van der Waals surface area contributed by atoms with Crippen LogP contribution in [-0.2, 0) is 11.3 Å². The Morgan fingerprint density at radius 2 is 1.76 bits per heavy atom. The number of amides is 2. The molecule has 2 amide bonds. The van der Waals surface area contributed by atoms with Crippen molar-refractivity contribution in [1.82, 2.24) is 10.2 Å². The molecule has 3 aromatic carbocycles. The Morgan fingerprint density at radius 1 is 1.05 bits per heavy atom. The van der Waals surface area contributed by atoms with Gasteiger partial charge < -0.3 is 20.7 Å². The number of nitrogens with one attached hydrogen (secondary N) is 1. The van der Waals surface area contributed by atoms with Gasteiger partial charge in [-0.2, -0.15) is 0 Å². The number of carbonyl (C=O) groups excluding carboxylic acids is 2. The van der Waals surface area contributed by atoms with Crippen LogP contribution >= 0.6 is 15.9 Å². The zero-order chi connectivity index (χ0) is 28.6. The van der Waals surface area contributed by atoms with Gasteiger partial charge in [0.2, 0.25) is 5.91 Å². The number of carbonyl (C=O) groups is 2. The molecule has 0 unspecified atom stereocenters. The van der Waals surface area contributed by atoms with Gasteiger partial charge in [-0.1, -0.05) is 45.7 Å². The molecule has 0 bridgehead atoms. The predicted molar refractivity (Wildman–Crippen MR) is 174 cm³/mol. The summed E-state index contributed by atoms with van der Waals surface area (Å²) < 4.78 is 6.05. The lowest BCUT2D eigenvalue weighted by Gasteiger charge is -2.34. The fraction of sp³-hybridized carbons (Fsp3) is 0.455. The number of benzene rings is 3. The summed E-state index contributed by atoms with van der Waals surface area (Å²) >= 11 is 3.57. The summed E-state index contributed by atoms with van der Waals surface area (Å²) in [4.78, 5) is 29.8. The molecule has 0 aliphatic heterocycles. The van der Waals surface area contributed by atoms with E-state index in [1.54, 1.807) is 25.0 Å². The zero-order valence-electron chi connectivity index (χ0n) is 23.8. The van der Waals surface area contributed by atoms with Crippen molar-refractivity contribution >= 4 is 49.9 Å². The summed E-state index contributed by atoms with van der Waals surface area (Å²) in [6.45, 7) is 6.40. The Morgan fingerprint density at radius 3 is 2.44 bits per heavy atom. The fourth-order valence-corrected chi connectivity index (χ4v) is 6.12. The van der Waals surface area contributed by atoms with Gasteiger partial charge in [0.25, 0.3) is 5.91 Å². The van der Waals surface area contributed by atoms with Gasteiger partial charge in [-0.05, 0) is 94.5 Å². The molecule has 0 atom stereocenters. The first-order valence-electron chi connectivity index (χ1n) is 14.3. The summed E-state index contributed by atoms with van der Waals surface area (Å²) in [5, 5.41) is 5.11. The first-order valence-corrected chi connectivity index (χ1v) is 15.1. The second-order valence-electron chi connectivity index (χ2n) is 10.6. The highest BCUT2D eigenvalue weighted by Crippen LogP contribution is 2.30. The van der Waals surface area contributed by atoms with E-state index in [1.165, 1.54) is 32.1 Å². The minimum absolute atomic E-state index is 0. The molecule has 3 aromatic rings. The predicted octanol–water partition coefficient (Wildman–Crippen LogP) is 7.16. The van der Waals surface area contributed by atoms with Crippen molar-refractivity contribution in [3.05, 3.63) is 64.1 Å². The second-order valence-corrected chi connectivity index (χ2v) is 11.4. The van der Waals surface area contributed by atoms with E-state index in [-0.39, 0.29) is 19.2 Å². The summed E-state index contributed by atoms with van der Waals surface area (Å²) in [7, 11) is 1.65. The smallest absolute Gasteiger partial charge is 0.251 e. The number of nitrogens with two attached hydrogens (primary N) is 1. The lowest BCUT2D eigenvalue weighted by Crippen LogP contribution is -2.36. The van der Waals surface area contributed by atoms with Gasteiger partial charge in [0.1, 0.15) is 5.75 Å². The maximum absolute atomic E-state index is 13.1. The van der Waals surface area contributed by atoms with Crippen molar-refractivity contribution < 1.29 is 14.3 Å². The molecule has 0 radical (unpaired) electrons. The summed E-state index contributed by atoms with van der Waals surface area (Å²) in [5.74, 6) is 0.619.